The highest BCUT2D eigenvalue weighted by atomic mass is 32.2. The molecule has 0 unspecified atom stereocenters. The number of aromatic nitrogens is 2. The second-order valence-corrected chi connectivity index (χ2v) is 8.78. The molecule has 4 nitrogen and oxygen atoms in total. The van der Waals surface area contributed by atoms with E-state index in [0.29, 0.717) is 17.0 Å². The zero-order valence-electron chi connectivity index (χ0n) is 15.2. The van der Waals surface area contributed by atoms with Crippen LogP contribution in [0.1, 0.15) is 24.7 Å². The van der Waals surface area contributed by atoms with Crippen LogP contribution in [0.3, 0.4) is 0 Å². The third kappa shape index (κ3) is 4.66. The first-order chi connectivity index (χ1) is 13.1. The molecular formula is C20H21N3OS3. The molecular weight excluding hydrogens is 394 g/mol. The van der Waals surface area contributed by atoms with Crippen molar-refractivity contribution in [3.05, 3.63) is 70.2 Å². The molecule has 3 aromatic rings. The number of likely N-dealkylation sites (N-methyl/N-ethyl adjacent to an activating group) is 1. The number of nitrogens with zero attached hydrogens (tertiary/aromatic N) is 3. The minimum atomic E-state index is -0.337. The molecule has 0 N–H and O–H groups in total. The Morgan fingerprint density at radius 2 is 1.70 bits per heavy atom. The van der Waals surface area contributed by atoms with Crippen LogP contribution < -0.4 is 0 Å². The number of thioether (sulfide) groups is 1. The first kappa shape index (κ1) is 19.8. The van der Waals surface area contributed by atoms with E-state index in [-0.39, 0.29) is 11.2 Å². The lowest BCUT2D eigenvalue weighted by atomic mass is 10.1. The fraction of sp³-hybridized carbons (Fsp3) is 0.250. The van der Waals surface area contributed by atoms with Gasteiger partial charge < -0.3 is 4.90 Å². The van der Waals surface area contributed by atoms with Crippen molar-refractivity contribution in [2.45, 2.75) is 23.4 Å². The van der Waals surface area contributed by atoms with E-state index in [2.05, 4.69) is 5.10 Å². The van der Waals surface area contributed by atoms with Gasteiger partial charge in [0.25, 0.3) is 0 Å². The van der Waals surface area contributed by atoms with Gasteiger partial charge in [-0.05, 0) is 43.8 Å². The highest BCUT2D eigenvalue weighted by Gasteiger charge is 2.27. The molecule has 1 aromatic heterocycles. The van der Waals surface area contributed by atoms with Gasteiger partial charge in [-0.1, -0.05) is 71.6 Å². The van der Waals surface area contributed by atoms with Crippen LogP contribution in [0.5, 0.6) is 0 Å². The fourth-order valence-corrected chi connectivity index (χ4v) is 5.37. The number of hydrogen-bond acceptors (Lipinski definition) is 5. The number of benzene rings is 2. The summed E-state index contributed by atoms with van der Waals surface area (Å²) in [5.41, 5.74) is 1.91. The zero-order chi connectivity index (χ0) is 19.2. The van der Waals surface area contributed by atoms with Crippen LogP contribution >= 0.6 is 35.3 Å². The van der Waals surface area contributed by atoms with Gasteiger partial charge in [0.05, 0.1) is 5.69 Å². The molecule has 1 amide bonds. The second kappa shape index (κ2) is 9.30. The first-order valence-electron chi connectivity index (χ1n) is 8.80. The monoisotopic (exact) mass is 415 g/mol. The highest BCUT2D eigenvalue weighted by molar-refractivity contribution is 8.02. The largest absolute Gasteiger partial charge is 0.342 e. The topological polar surface area (TPSA) is 38.1 Å². The summed E-state index contributed by atoms with van der Waals surface area (Å²) in [5.74, 6) is 0.101. The summed E-state index contributed by atoms with van der Waals surface area (Å²) in [5, 5.41) is 4.32. The molecule has 7 heteroatoms. The summed E-state index contributed by atoms with van der Waals surface area (Å²) in [7, 11) is 0. The van der Waals surface area contributed by atoms with Crippen LogP contribution in [0, 0.1) is 3.95 Å². The maximum Gasteiger partial charge on any atom is 0.240 e. The van der Waals surface area contributed by atoms with Crippen LogP contribution in [-0.4, -0.2) is 33.7 Å². The van der Waals surface area contributed by atoms with Gasteiger partial charge in [-0.25, -0.2) is 4.68 Å². The lowest BCUT2D eigenvalue weighted by Crippen LogP contribution is -2.33. The van der Waals surface area contributed by atoms with Gasteiger partial charge in [-0.3, -0.25) is 4.79 Å². The smallest absolute Gasteiger partial charge is 0.240 e. The third-order valence-electron chi connectivity index (χ3n) is 4.15. The highest BCUT2D eigenvalue weighted by Crippen LogP contribution is 2.38. The molecule has 0 saturated heterocycles. The minimum absolute atomic E-state index is 0.101. The lowest BCUT2D eigenvalue weighted by molar-refractivity contribution is -0.130. The van der Waals surface area contributed by atoms with Gasteiger partial charge in [0.1, 0.15) is 5.25 Å². The molecule has 0 aliphatic rings. The normalized spacial score (nSPS) is 11.9. The van der Waals surface area contributed by atoms with Gasteiger partial charge >= 0.3 is 0 Å². The van der Waals surface area contributed by atoms with E-state index >= 15 is 0 Å². The molecule has 0 spiro atoms. The molecule has 0 saturated carbocycles. The van der Waals surface area contributed by atoms with Gasteiger partial charge in [-0.2, -0.15) is 0 Å². The van der Waals surface area contributed by atoms with Crippen molar-refractivity contribution in [1.29, 1.82) is 0 Å². The first-order valence-corrected chi connectivity index (χ1v) is 10.9. The molecule has 0 aliphatic heterocycles. The van der Waals surface area contributed by atoms with E-state index in [1.807, 2.05) is 79.4 Å². The Bertz CT molecular complexity index is 934. The van der Waals surface area contributed by atoms with Crippen molar-refractivity contribution < 1.29 is 4.79 Å². The number of para-hydroxylation sites is 1. The van der Waals surface area contributed by atoms with Crippen LogP contribution in [0.25, 0.3) is 5.69 Å². The van der Waals surface area contributed by atoms with Gasteiger partial charge in [0.2, 0.25) is 5.91 Å². The van der Waals surface area contributed by atoms with Crippen molar-refractivity contribution in [2.75, 3.05) is 13.1 Å². The molecule has 3 rings (SSSR count). The maximum absolute atomic E-state index is 13.1. The average molecular weight is 416 g/mol. The predicted molar refractivity (Wildman–Crippen MR) is 115 cm³/mol. The number of hydrogen-bond donors (Lipinski definition) is 0. The Kier molecular flexibility index (Phi) is 6.82. The predicted octanol–water partition coefficient (Wildman–Crippen LogP) is 5.37. The molecule has 2 aromatic carbocycles. The SMILES string of the molecule is CCN(CC)C(=O)[C@H](Sc1nn(-c2ccccc2)c(=S)s1)c1ccccc1. The summed E-state index contributed by atoms with van der Waals surface area (Å²) in [4.78, 5) is 15.0. The Morgan fingerprint density at radius 3 is 2.30 bits per heavy atom. The summed E-state index contributed by atoms with van der Waals surface area (Å²) in [6, 6.07) is 19.7. The summed E-state index contributed by atoms with van der Waals surface area (Å²) >= 11 is 8.40. The lowest BCUT2D eigenvalue weighted by Gasteiger charge is -2.24. The zero-order valence-corrected chi connectivity index (χ0v) is 17.7. The van der Waals surface area contributed by atoms with Crippen LogP contribution in [0.2, 0.25) is 0 Å². The van der Waals surface area contributed by atoms with Crippen molar-refractivity contribution in [3.63, 3.8) is 0 Å². The van der Waals surface area contributed by atoms with Gasteiger partial charge in [-0.15, -0.1) is 5.10 Å². The third-order valence-corrected chi connectivity index (χ3v) is 6.71. The number of carbonyl (C=O) groups is 1. The Labute approximate surface area is 172 Å². The molecule has 27 heavy (non-hydrogen) atoms. The van der Waals surface area contributed by atoms with Crippen molar-refractivity contribution in [1.82, 2.24) is 14.7 Å². The van der Waals surface area contributed by atoms with E-state index < -0.39 is 0 Å². The van der Waals surface area contributed by atoms with Crippen LogP contribution in [0.15, 0.2) is 65.0 Å². The Hall–Kier alpha value is -1.96. The molecule has 0 aliphatic carbocycles. The molecule has 0 fully saturated rings. The number of amides is 1. The van der Waals surface area contributed by atoms with Crippen molar-refractivity contribution in [2.24, 2.45) is 0 Å². The molecule has 0 bridgehead atoms. The van der Waals surface area contributed by atoms with E-state index in [1.54, 1.807) is 4.68 Å². The van der Waals surface area contributed by atoms with E-state index in [0.717, 1.165) is 15.6 Å². The summed E-state index contributed by atoms with van der Waals surface area (Å²) < 4.78 is 3.22. The van der Waals surface area contributed by atoms with Crippen LogP contribution in [0.4, 0.5) is 0 Å². The minimum Gasteiger partial charge on any atom is -0.342 e. The maximum atomic E-state index is 13.1. The Balaban J connectivity index is 1.93. The second-order valence-electron chi connectivity index (χ2n) is 5.80. The molecule has 1 heterocycles. The molecule has 0 radical (unpaired) electrons. The van der Waals surface area contributed by atoms with Gasteiger partial charge in [0.15, 0.2) is 8.29 Å². The summed E-state index contributed by atoms with van der Waals surface area (Å²) in [6.45, 7) is 5.38. The summed E-state index contributed by atoms with van der Waals surface area (Å²) in [6.07, 6.45) is 0. The fourth-order valence-electron chi connectivity index (χ4n) is 2.73. The molecule has 140 valence electrons. The Morgan fingerprint density at radius 1 is 1.11 bits per heavy atom. The van der Waals surface area contributed by atoms with E-state index in [4.69, 9.17) is 12.2 Å². The van der Waals surface area contributed by atoms with E-state index in [9.17, 15) is 4.79 Å². The number of rotatable bonds is 7. The van der Waals surface area contributed by atoms with Crippen molar-refractivity contribution >= 4 is 41.2 Å². The quantitative estimate of drug-likeness (QED) is 0.384. The van der Waals surface area contributed by atoms with Gasteiger partial charge in [0, 0.05) is 13.1 Å². The standard InChI is InChI=1S/C20H21N3OS3/c1-3-22(4-2)18(24)17(15-11-7-5-8-12-15)26-19-21-23(20(25)27-19)16-13-9-6-10-14-16/h5-14,17H,3-4H2,1-2H3/t17-/m1/s1. The van der Waals surface area contributed by atoms with E-state index in [1.165, 1.54) is 23.1 Å². The molecule has 1 atom stereocenters. The average Bonchev–Trinajstić information content (AvgIpc) is 3.08. The van der Waals surface area contributed by atoms with Crippen molar-refractivity contribution in [3.8, 4) is 5.69 Å². The van der Waals surface area contributed by atoms with Crippen LogP contribution in [-0.2, 0) is 4.79 Å². The number of carbonyl (C=O) groups excluding carboxylic acids is 1.